The molecule has 0 aliphatic carbocycles. The quantitative estimate of drug-likeness (QED) is 0.806. The van der Waals surface area contributed by atoms with E-state index in [2.05, 4.69) is 5.32 Å². The molecule has 6 nitrogen and oxygen atoms in total. The average Bonchev–Trinajstić information content (AvgIpc) is 2.35. The van der Waals surface area contributed by atoms with Crippen molar-refractivity contribution in [3.8, 4) is 0 Å². The van der Waals surface area contributed by atoms with Gasteiger partial charge < -0.3 is 19.5 Å². The fourth-order valence-corrected chi connectivity index (χ4v) is 2.30. The molecular weight excluding hydrogens is 274 g/mol. The smallest absolute Gasteiger partial charge is 0.408 e. The number of hydrogen-bond donors (Lipinski definition) is 1. The Bertz CT molecular complexity index is 369. The van der Waals surface area contributed by atoms with Gasteiger partial charge in [-0.2, -0.15) is 0 Å². The molecule has 1 fully saturated rings. The second kappa shape index (κ2) is 7.11. The van der Waals surface area contributed by atoms with E-state index >= 15 is 0 Å². The molecule has 1 heterocycles. The maximum absolute atomic E-state index is 12.2. The van der Waals surface area contributed by atoms with Crippen molar-refractivity contribution >= 4 is 12.1 Å². The number of carbonyl (C=O) groups is 2. The molecule has 1 N–H and O–H groups in total. The van der Waals surface area contributed by atoms with Gasteiger partial charge in [-0.05, 0) is 40.5 Å². The second-order valence-electron chi connectivity index (χ2n) is 6.60. The molecule has 21 heavy (non-hydrogen) atoms. The lowest BCUT2D eigenvalue weighted by molar-refractivity contribution is -0.151. The topological polar surface area (TPSA) is 73.9 Å². The van der Waals surface area contributed by atoms with E-state index in [9.17, 15) is 9.59 Å². The summed E-state index contributed by atoms with van der Waals surface area (Å²) in [6.07, 6.45) is 0.770. The molecule has 1 aliphatic rings. The molecule has 1 amide bonds. The highest BCUT2D eigenvalue weighted by atomic mass is 16.6. The molecule has 122 valence electrons. The molecule has 0 aromatic heterocycles. The summed E-state index contributed by atoms with van der Waals surface area (Å²) in [5.74, 6) is -0.423. The third kappa shape index (κ3) is 5.53. The fraction of sp³-hybridized carbons (Fsp3) is 0.867. The minimum Gasteiger partial charge on any atom is -0.464 e. The zero-order chi connectivity index (χ0) is 16.1. The molecule has 0 aromatic rings. The van der Waals surface area contributed by atoms with E-state index in [4.69, 9.17) is 14.2 Å². The van der Waals surface area contributed by atoms with E-state index in [1.165, 1.54) is 0 Å². The van der Waals surface area contributed by atoms with E-state index < -0.39 is 23.7 Å². The van der Waals surface area contributed by atoms with Crippen molar-refractivity contribution in [2.24, 2.45) is 5.41 Å². The molecule has 1 unspecified atom stereocenters. The van der Waals surface area contributed by atoms with E-state index in [0.29, 0.717) is 26.1 Å². The van der Waals surface area contributed by atoms with Crippen LogP contribution in [-0.4, -0.2) is 43.5 Å². The average molecular weight is 301 g/mol. The first-order valence-corrected chi connectivity index (χ1v) is 7.42. The summed E-state index contributed by atoms with van der Waals surface area (Å²) >= 11 is 0. The zero-order valence-corrected chi connectivity index (χ0v) is 13.7. The van der Waals surface area contributed by atoms with Gasteiger partial charge in [-0.1, -0.05) is 6.92 Å². The normalized spacial score (nSPS) is 19.5. The molecule has 1 atom stereocenters. The maximum atomic E-state index is 12.2. The van der Waals surface area contributed by atoms with Gasteiger partial charge in [0.2, 0.25) is 0 Å². The fourth-order valence-electron chi connectivity index (χ4n) is 2.30. The number of carbonyl (C=O) groups excluding carboxylic acids is 2. The summed E-state index contributed by atoms with van der Waals surface area (Å²) in [5.41, 5.74) is -0.999. The zero-order valence-electron chi connectivity index (χ0n) is 13.7. The first-order chi connectivity index (χ1) is 9.68. The first kappa shape index (κ1) is 17.8. The predicted octanol–water partition coefficient (Wildman–Crippen LogP) is 2.26. The lowest BCUT2D eigenvalue weighted by atomic mass is 9.75. The summed E-state index contributed by atoms with van der Waals surface area (Å²) in [5, 5.41) is 2.68. The Balaban J connectivity index is 2.82. The van der Waals surface area contributed by atoms with Crippen molar-refractivity contribution < 1.29 is 23.8 Å². The van der Waals surface area contributed by atoms with Crippen LogP contribution in [0.4, 0.5) is 4.79 Å². The summed E-state index contributed by atoms with van der Waals surface area (Å²) in [6, 6.07) is -0.726. The molecule has 0 saturated carbocycles. The van der Waals surface area contributed by atoms with Crippen LogP contribution in [-0.2, 0) is 19.0 Å². The highest BCUT2D eigenvalue weighted by Crippen LogP contribution is 2.34. The van der Waals surface area contributed by atoms with Crippen LogP contribution in [0.5, 0.6) is 0 Å². The Morgan fingerprint density at radius 2 is 1.86 bits per heavy atom. The second-order valence-corrected chi connectivity index (χ2v) is 6.60. The van der Waals surface area contributed by atoms with E-state index in [1.807, 2.05) is 6.92 Å². The minimum atomic E-state index is -0.726. The molecule has 1 aliphatic heterocycles. The summed E-state index contributed by atoms with van der Waals surface area (Å²) in [4.78, 5) is 24.2. The highest BCUT2D eigenvalue weighted by Gasteiger charge is 2.43. The van der Waals surface area contributed by atoms with Crippen LogP contribution < -0.4 is 5.32 Å². The number of hydrogen-bond acceptors (Lipinski definition) is 5. The van der Waals surface area contributed by atoms with Gasteiger partial charge in [-0.25, -0.2) is 9.59 Å². The molecule has 1 saturated heterocycles. The molecule has 0 spiro atoms. The Labute approximate surface area is 126 Å². The van der Waals surface area contributed by atoms with Crippen molar-refractivity contribution in [2.45, 2.75) is 59.1 Å². The molecular formula is C15H27NO5. The van der Waals surface area contributed by atoms with Crippen molar-refractivity contribution in [3.05, 3.63) is 0 Å². The van der Waals surface area contributed by atoms with Crippen LogP contribution in [0, 0.1) is 5.41 Å². The van der Waals surface area contributed by atoms with Gasteiger partial charge in [-0.15, -0.1) is 0 Å². The van der Waals surface area contributed by atoms with Crippen molar-refractivity contribution in [1.29, 1.82) is 0 Å². The van der Waals surface area contributed by atoms with Gasteiger partial charge >= 0.3 is 12.1 Å². The minimum absolute atomic E-state index is 0.276. The number of alkyl carbamates (subject to hydrolysis) is 1. The Hall–Kier alpha value is -1.30. The first-order valence-electron chi connectivity index (χ1n) is 7.42. The van der Waals surface area contributed by atoms with Gasteiger partial charge in [0.1, 0.15) is 11.6 Å². The Morgan fingerprint density at radius 1 is 1.29 bits per heavy atom. The summed E-state index contributed by atoms with van der Waals surface area (Å²) in [6.45, 7) is 10.5. The van der Waals surface area contributed by atoms with E-state index in [1.54, 1.807) is 27.7 Å². The van der Waals surface area contributed by atoms with Crippen LogP contribution in [0.25, 0.3) is 0 Å². The van der Waals surface area contributed by atoms with Gasteiger partial charge in [0.25, 0.3) is 0 Å². The lowest BCUT2D eigenvalue weighted by Gasteiger charge is -2.39. The third-order valence-electron chi connectivity index (χ3n) is 3.52. The molecule has 6 heteroatoms. The number of nitrogens with one attached hydrogen (secondary N) is 1. The van der Waals surface area contributed by atoms with Gasteiger partial charge in [0.15, 0.2) is 0 Å². The van der Waals surface area contributed by atoms with Crippen molar-refractivity contribution in [3.63, 3.8) is 0 Å². The Morgan fingerprint density at radius 3 is 2.33 bits per heavy atom. The van der Waals surface area contributed by atoms with Crippen LogP contribution in [0.3, 0.4) is 0 Å². The number of ether oxygens (including phenoxy) is 3. The third-order valence-corrected chi connectivity index (χ3v) is 3.52. The molecule has 0 bridgehead atoms. The van der Waals surface area contributed by atoms with E-state index in [-0.39, 0.29) is 12.0 Å². The Kier molecular flexibility index (Phi) is 6.01. The van der Waals surface area contributed by atoms with Crippen LogP contribution >= 0.6 is 0 Å². The van der Waals surface area contributed by atoms with Crippen molar-refractivity contribution in [2.75, 3.05) is 19.8 Å². The number of amides is 1. The van der Waals surface area contributed by atoms with Crippen LogP contribution in [0.1, 0.15) is 47.5 Å². The monoisotopic (exact) mass is 301 g/mol. The number of esters is 1. The van der Waals surface area contributed by atoms with E-state index in [0.717, 1.165) is 0 Å². The largest absolute Gasteiger partial charge is 0.464 e. The lowest BCUT2D eigenvalue weighted by Crippen LogP contribution is -2.54. The molecule has 0 radical (unpaired) electrons. The maximum Gasteiger partial charge on any atom is 0.408 e. The summed E-state index contributed by atoms with van der Waals surface area (Å²) in [7, 11) is 0. The molecule has 1 rings (SSSR count). The number of rotatable bonds is 4. The molecule has 0 aromatic carbocycles. The van der Waals surface area contributed by atoms with Gasteiger partial charge in [0.05, 0.1) is 6.61 Å². The van der Waals surface area contributed by atoms with Gasteiger partial charge in [0, 0.05) is 18.6 Å². The van der Waals surface area contributed by atoms with Crippen LogP contribution in [0.2, 0.25) is 0 Å². The SMILES string of the molecule is CCOC(=O)C(NC(=O)OC(C)(C)C)C1(C)CCOCC1. The van der Waals surface area contributed by atoms with Gasteiger partial charge in [-0.3, -0.25) is 0 Å². The van der Waals surface area contributed by atoms with Crippen LogP contribution in [0.15, 0.2) is 0 Å². The highest BCUT2D eigenvalue weighted by molar-refractivity contribution is 5.82. The standard InChI is InChI=1S/C15H27NO5/c1-6-20-12(17)11(15(5)7-9-19-10-8-15)16-13(18)21-14(2,3)4/h11H,6-10H2,1-5H3,(H,16,18). The summed E-state index contributed by atoms with van der Waals surface area (Å²) < 4.78 is 15.7. The van der Waals surface area contributed by atoms with Crippen molar-refractivity contribution in [1.82, 2.24) is 5.32 Å². The predicted molar refractivity (Wildman–Crippen MR) is 78.0 cm³/mol.